The zero-order valence-corrected chi connectivity index (χ0v) is 17.5. The Bertz CT molecular complexity index is 1060. The highest BCUT2D eigenvalue weighted by molar-refractivity contribution is 6.30. The van der Waals surface area contributed by atoms with Gasteiger partial charge in [-0.1, -0.05) is 18.5 Å². The Morgan fingerprint density at radius 3 is 2.60 bits per heavy atom. The third kappa shape index (κ3) is 4.18. The van der Waals surface area contributed by atoms with Crippen LogP contribution < -0.4 is 5.32 Å². The third-order valence-electron chi connectivity index (χ3n) is 6.29. The zero-order chi connectivity index (χ0) is 21.3. The predicted molar refractivity (Wildman–Crippen MR) is 117 cm³/mol. The average molecular weight is 427 g/mol. The Hall–Kier alpha value is -2.50. The fourth-order valence-corrected chi connectivity index (χ4v) is 4.54. The number of halogens is 2. The molecule has 1 saturated carbocycles. The predicted octanol–water partition coefficient (Wildman–Crippen LogP) is 5.68. The van der Waals surface area contributed by atoms with Crippen molar-refractivity contribution in [2.24, 2.45) is 11.8 Å². The van der Waals surface area contributed by atoms with Crippen molar-refractivity contribution in [2.45, 2.75) is 38.2 Å². The molecule has 1 aliphatic rings. The summed E-state index contributed by atoms with van der Waals surface area (Å²) in [5, 5.41) is 15.6. The van der Waals surface area contributed by atoms with Gasteiger partial charge in [-0.25, -0.2) is 4.39 Å². The van der Waals surface area contributed by atoms with Crippen LogP contribution in [0.1, 0.15) is 38.2 Å². The molecule has 30 heavy (non-hydrogen) atoms. The van der Waals surface area contributed by atoms with Crippen molar-refractivity contribution in [3.63, 3.8) is 0 Å². The van der Waals surface area contributed by atoms with Gasteiger partial charge in [0, 0.05) is 28.2 Å². The van der Waals surface area contributed by atoms with Crippen molar-refractivity contribution in [2.75, 3.05) is 5.32 Å². The Kier molecular flexibility index (Phi) is 5.76. The number of anilines is 1. The molecule has 2 aromatic carbocycles. The van der Waals surface area contributed by atoms with Crippen LogP contribution in [0.5, 0.6) is 0 Å². The van der Waals surface area contributed by atoms with E-state index in [2.05, 4.69) is 10.3 Å². The Morgan fingerprint density at radius 1 is 1.20 bits per heavy atom. The first-order valence-corrected chi connectivity index (χ1v) is 10.6. The van der Waals surface area contributed by atoms with Gasteiger partial charge in [0.15, 0.2) is 0 Å². The number of carbonyl (C=O) groups is 1. The van der Waals surface area contributed by atoms with Crippen LogP contribution in [0.3, 0.4) is 0 Å². The van der Waals surface area contributed by atoms with Crippen LogP contribution in [0, 0.1) is 17.7 Å². The molecule has 0 saturated heterocycles. The summed E-state index contributed by atoms with van der Waals surface area (Å²) in [5.41, 5.74) is 1.05. The van der Waals surface area contributed by atoms with Gasteiger partial charge in [0.25, 0.3) is 0 Å². The van der Waals surface area contributed by atoms with Crippen molar-refractivity contribution in [3.05, 3.63) is 71.1 Å². The highest BCUT2D eigenvalue weighted by atomic mass is 35.5. The Morgan fingerprint density at radius 2 is 1.90 bits per heavy atom. The van der Waals surface area contributed by atoms with E-state index >= 15 is 0 Å². The molecule has 6 heteroatoms. The van der Waals surface area contributed by atoms with E-state index in [-0.39, 0.29) is 23.6 Å². The number of hydrogen-bond acceptors (Lipinski definition) is 3. The summed E-state index contributed by atoms with van der Waals surface area (Å²) in [6.07, 6.45) is 4.12. The zero-order valence-electron chi connectivity index (χ0n) is 16.7. The van der Waals surface area contributed by atoms with Gasteiger partial charge in [-0.2, -0.15) is 0 Å². The van der Waals surface area contributed by atoms with Crippen LogP contribution in [0.2, 0.25) is 5.02 Å². The lowest BCUT2D eigenvalue weighted by molar-refractivity contribution is -0.122. The molecule has 1 atom stereocenters. The summed E-state index contributed by atoms with van der Waals surface area (Å²) in [4.78, 5) is 17.0. The van der Waals surface area contributed by atoms with Gasteiger partial charge in [0.05, 0.1) is 11.1 Å². The number of nitrogens with one attached hydrogen (secondary N) is 1. The molecule has 4 nitrogen and oxygen atoms in total. The molecule has 1 aromatic heterocycles. The number of hydrogen-bond donors (Lipinski definition) is 2. The van der Waals surface area contributed by atoms with Crippen LogP contribution >= 0.6 is 11.6 Å². The lowest BCUT2D eigenvalue weighted by Gasteiger charge is -2.38. The van der Waals surface area contributed by atoms with E-state index in [1.54, 1.807) is 42.6 Å². The van der Waals surface area contributed by atoms with Gasteiger partial charge >= 0.3 is 0 Å². The minimum absolute atomic E-state index is 0.0378. The molecule has 0 radical (unpaired) electrons. The maximum atomic E-state index is 13.8. The molecule has 3 aromatic rings. The van der Waals surface area contributed by atoms with Crippen LogP contribution in [0.25, 0.3) is 10.9 Å². The first-order chi connectivity index (χ1) is 14.4. The SMILES string of the molecule is C[C@H](C(=O)Nc1ccc(Cl)cc1)[C@H]1CC[C@](O)(c2ccnc3ccc(F)cc32)CC1. The van der Waals surface area contributed by atoms with E-state index in [0.717, 1.165) is 0 Å². The second kappa shape index (κ2) is 8.32. The van der Waals surface area contributed by atoms with Crippen LogP contribution in [0.15, 0.2) is 54.7 Å². The molecule has 1 aliphatic carbocycles. The number of fused-ring (bicyclic) bond motifs is 1. The fourth-order valence-electron chi connectivity index (χ4n) is 4.41. The minimum Gasteiger partial charge on any atom is -0.385 e. The number of nitrogens with zero attached hydrogens (tertiary/aromatic N) is 1. The first kappa shape index (κ1) is 20.8. The molecule has 1 amide bonds. The molecule has 0 unspecified atom stereocenters. The van der Waals surface area contributed by atoms with Crippen molar-refractivity contribution < 1.29 is 14.3 Å². The lowest BCUT2D eigenvalue weighted by Crippen LogP contribution is -2.36. The fraction of sp³-hybridized carbons (Fsp3) is 0.333. The Labute approximate surface area is 180 Å². The number of amides is 1. The molecule has 2 N–H and O–H groups in total. The number of aromatic nitrogens is 1. The minimum atomic E-state index is -1.04. The largest absolute Gasteiger partial charge is 0.385 e. The maximum Gasteiger partial charge on any atom is 0.227 e. The molecule has 0 aliphatic heterocycles. The van der Waals surface area contributed by atoms with E-state index < -0.39 is 5.60 Å². The smallest absolute Gasteiger partial charge is 0.227 e. The molecule has 1 heterocycles. The van der Waals surface area contributed by atoms with Crippen LogP contribution in [-0.4, -0.2) is 16.0 Å². The first-order valence-electron chi connectivity index (χ1n) is 10.2. The summed E-state index contributed by atoms with van der Waals surface area (Å²) < 4.78 is 13.8. The number of rotatable bonds is 4. The summed E-state index contributed by atoms with van der Waals surface area (Å²) in [6.45, 7) is 1.93. The Balaban J connectivity index is 1.46. The topological polar surface area (TPSA) is 62.2 Å². The second-order valence-corrected chi connectivity index (χ2v) is 8.61. The quantitative estimate of drug-likeness (QED) is 0.564. The van der Waals surface area contributed by atoms with E-state index in [9.17, 15) is 14.3 Å². The van der Waals surface area contributed by atoms with E-state index in [0.29, 0.717) is 52.9 Å². The highest BCUT2D eigenvalue weighted by Crippen LogP contribution is 2.44. The number of aliphatic hydroxyl groups is 1. The molecule has 0 spiro atoms. The molecule has 156 valence electrons. The van der Waals surface area contributed by atoms with E-state index in [1.165, 1.54) is 12.1 Å². The second-order valence-electron chi connectivity index (χ2n) is 8.17. The van der Waals surface area contributed by atoms with Gasteiger partial charge in [-0.15, -0.1) is 0 Å². The number of pyridine rings is 1. The van der Waals surface area contributed by atoms with Crippen molar-refractivity contribution in [3.8, 4) is 0 Å². The molecule has 1 fully saturated rings. The van der Waals surface area contributed by atoms with Crippen LogP contribution in [-0.2, 0) is 10.4 Å². The summed E-state index contributed by atoms with van der Waals surface area (Å²) in [5.74, 6) is -0.398. The number of carbonyl (C=O) groups excluding carboxylic acids is 1. The standard InChI is InChI=1S/C24H24ClFN2O2/c1-15(23(29)28-19-5-2-17(25)3-6-19)16-8-11-24(30,12-9-16)21-10-13-27-22-7-4-18(26)14-20(21)22/h2-7,10,13-16,30H,8-9,11-12H2,1H3,(H,28,29)/t15-,16-,24+/m0/s1. The lowest BCUT2D eigenvalue weighted by atomic mass is 9.71. The van der Waals surface area contributed by atoms with Gasteiger partial charge < -0.3 is 10.4 Å². The van der Waals surface area contributed by atoms with E-state index in [4.69, 9.17) is 11.6 Å². The van der Waals surface area contributed by atoms with Gasteiger partial charge in [-0.05, 0) is 85.7 Å². The van der Waals surface area contributed by atoms with Crippen molar-refractivity contribution in [1.82, 2.24) is 4.98 Å². The third-order valence-corrected chi connectivity index (χ3v) is 6.55. The normalized spacial score (nSPS) is 22.6. The maximum absolute atomic E-state index is 13.8. The van der Waals surface area contributed by atoms with Crippen LogP contribution in [0.4, 0.5) is 10.1 Å². The molecule has 0 bridgehead atoms. The van der Waals surface area contributed by atoms with Gasteiger partial charge in [-0.3, -0.25) is 9.78 Å². The van der Waals surface area contributed by atoms with Gasteiger partial charge in [0.1, 0.15) is 5.82 Å². The van der Waals surface area contributed by atoms with Crippen molar-refractivity contribution >= 4 is 34.1 Å². The molecular weight excluding hydrogens is 403 g/mol. The summed E-state index contributed by atoms with van der Waals surface area (Å²) in [6, 6.07) is 13.3. The average Bonchev–Trinajstić information content (AvgIpc) is 2.75. The molecule has 4 rings (SSSR count). The summed E-state index contributed by atoms with van der Waals surface area (Å²) in [7, 11) is 0. The van der Waals surface area contributed by atoms with Crippen molar-refractivity contribution in [1.29, 1.82) is 0 Å². The summed E-state index contributed by atoms with van der Waals surface area (Å²) >= 11 is 5.89. The monoisotopic (exact) mass is 426 g/mol. The number of benzene rings is 2. The van der Waals surface area contributed by atoms with Gasteiger partial charge in [0.2, 0.25) is 5.91 Å². The highest BCUT2D eigenvalue weighted by Gasteiger charge is 2.38. The molecular formula is C24H24ClFN2O2. The van der Waals surface area contributed by atoms with E-state index in [1.807, 2.05) is 6.92 Å².